The molecule has 0 heterocycles. The summed E-state index contributed by atoms with van der Waals surface area (Å²) >= 11 is 2.28. The van der Waals surface area contributed by atoms with E-state index in [0.717, 1.165) is 37.2 Å². The molecule has 0 unspecified atom stereocenters. The molecule has 0 amide bonds. The van der Waals surface area contributed by atoms with Crippen LogP contribution in [0.5, 0.6) is 17.2 Å². The molecule has 0 aliphatic rings. The Morgan fingerprint density at radius 1 is 0.605 bits per heavy atom. The first kappa shape index (κ1) is 32.5. The molecule has 0 radical (unpaired) electrons. The average molecular weight is 637 g/mol. The molecule has 5 heteroatoms. The van der Waals surface area contributed by atoms with Crippen molar-refractivity contribution in [1.82, 2.24) is 0 Å². The fraction of sp³-hybridized carbons (Fsp3) is 0.606. The summed E-state index contributed by atoms with van der Waals surface area (Å²) < 4.78 is 19.2. The van der Waals surface area contributed by atoms with Crippen molar-refractivity contribution in [3.05, 3.63) is 51.6 Å². The van der Waals surface area contributed by atoms with Gasteiger partial charge < -0.3 is 14.2 Å². The van der Waals surface area contributed by atoms with Gasteiger partial charge in [-0.15, -0.1) is 0 Å². The molecule has 0 aliphatic carbocycles. The molecule has 0 bridgehead atoms. The number of carbonyl (C=O) groups is 1. The first-order chi connectivity index (χ1) is 18.6. The summed E-state index contributed by atoms with van der Waals surface area (Å²) in [4.78, 5) is 12.9. The van der Waals surface area contributed by atoms with Gasteiger partial charge in [0.25, 0.3) is 0 Å². The molecule has 2 aromatic carbocycles. The van der Waals surface area contributed by atoms with E-state index >= 15 is 0 Å². The highest BCUT2D eigenvalue weighted by molar-refractivity contribution is 14.1. The van der Waals surface area contributed by atoms with Crippen LogP contribution < -0.4 is 14.2 Å². The smallest absolute Gasteiger partial charge is 0.163 e. The minimum Gasteiger partial charge on any atom is -0.494 e. The van der Waals surface area contributed by atoms with Crippen LogP contribution in [0.4, 0.5) is 0 Å². The van der Waals surface area contributed by atoms with Gasteiger partial charge in [-0.05, 0) is 90.7 Å². The number of ketones is 1. The molecule has 0 saturated heterocycles. The van der Waals surface area contributed by atoms with Crippen molar-refractivity contribution in [3.8, 4) is 17.2 Å². The normalized spacial score (nSPS) is 10.9. The van der Waals surface area contributed by atoms with Gasteiger partial charge in [0.1, 0.15) is 5.75 Å². The summed E-state index contributed by atoms with van der Waals surface area (Å²) in [5.41, 5.74) is 0.702. The summed E-state index contributed by atoms with van der Waals surface area (Å²) in [6.45, 7) is 6.44. The maximum absolute atomic E-state index is 12.9. The van der Waals surface area contributed by atoms with Gasteiger partial charge in [-0.25, -0.2) is 0 Å². The molecule has 0 fully saturated rings. The predicted octanol–water partition coefficient (Wildman–Crippen LogP) is 10.2. The third kappa shape index (κ3) is 14.4. The molecule has 0 N–H and O–H groups in total. The Kier molecular flexibility index (Phi) is 18.0. The molecule has 0 saturated carbocycles. The summed E-state index contributed by atoms with van der Waals surface area (Å²) in [6, 6.07) is 13.7. The highest BCUT2D eigenvalue weighted by atomic mass is 127. The second-order valence-electron chi connectivity index (χ2n) is 10.1. The minimum atomic E-state index is 0.145. The number of benzene rings is 2. The quantitative estimate of drug-likeness (QED) is 0.0692. The van der Waals surface area contributed by atoms with E-state index in [1.165, 1.54) is 67.8 Å². The van der Waals surface area contributed by atoms with E-state index in [1.54, 1.807) is 0 Å². The zero-order chi connectivity index (χ0) is 27.3. The lowest BCUT2D eigenvalue weighted by molar-refractivity contribution is 0.0977. The lowest BCUT2D eigenvalue weighted by atomic mass is 10.0. The van der Waals surface area contributed by atoms with Crippen LogP contribution in [-0.4, -0.2) is 25.6 Å². The zero-order valence-corrected chi connectivity index (χ0v) is 25.9. The molecule has 0 aromatic heterocycles. The van der Waals surface area contributed by atoms with Gasteiger partial charge in [0.05, 0.1) is 19.8 Å². The van der Waals surface area contributed by atoms with Crippen molar-refractivity contribution in [1.29, 1.82) is 0 Å². The molecule has 0 aliphatic heterocycles. The standard InChI is InChI=1S/C33H49IO4/c1-3-5-7-9-11-14-25-37-32-23-18-28(27-33(32)38-26-15-12-10-8-6-4-2)31(35)17-13-16-24-36-30-21-19-29(34)20-22-30/h18-23,27H,3-17,24-26H2,1-2H3. The summed E-state index contributed by atoms with van der Waals surface area (Å²) in [6.07, 6.45) is 16.9. The van der Waals surface area contributed by atoms with E-state index in [9.17, 15) is 4.79 Å². The molecule has 2 rings (SSSR count). The summed E-state index contributed by atoms with van der Waals surface area (Å²) in [5.74, 6) is 2.48. The lowest BCUT2D eigenvalue weighted by Gasteiger charge is -2.14. The van der Waals surface area contributed by atoms with Crippen LogP contribution in [-0.2, 0) is 0 Å². The van der Waals surface area contributed by atoms with Crippen molar-refractivity contribution in [2.24, 2.45) is 0 Å². The number of unbranched alkanes of at least 4 members (excludes halogenated alkanes) is 11. The van der Waals surface area contributed by atoms with Gasteiger partial charge in [-0.1, -0.05) is 78.1 Å². The Labute approximate surface area is 245 Å². The van der Waals surface area contributed by atoms with E-state index in [4.69, 9.17) is 14.2 Å². The topological polar surface area (TPSA) is 44.8 Å². The number of carbonyl (C=O) groups excluding carboxylic acids is 1. The Morgan fingerprint density at radius 3 is 1.76 bits per heavy atom. The predicted molar refractivity (Wildman–Crippen MR) is 167 cm³/mol. The van der Waals surface area contributed by atoms with Gasteiger partial charge in [-0.2, -0.15) is 0 Å². The van der Waals surface area contributed by atoms with Crippen LogP contribution in [0.3, 0.4) is 0 Å². The van der Waals surface area contributed by atoms with Crippen molar-refractivity contribution in [2.45, 2.75) is 110 Å². The molecular formula is C33H49IO4. The molecular weight excluding hydrogens is 587 g/mol. The molecule has 0 atom stereocenters. The molecule has 0 spiro atoms. The molecule has 38 heavy (non-hydrogen) atoms. The van der Waals surface area contributed by atoms with E-state index < -0.39 is 0 Å². The van der Waals surface area contributed by atoms with E-state index in [-0.39, 0.29) is 5.78 Å². The SMILES string of the molecule is CCCCCCCCOc1ccc(C(=O)CCCCOc2ccc(I)cc2)cc1OCCCCCCCC. The van der Waals surface area contributed by atoms with Crippen molar-refractivity contribution >= 4 is 28.4 Å². The first-order valence-corrected chi connectivity index (χ1v) is 16.0. The maximum atomic E-state index is 12.9. The third-order valence-electron chi connectivity index (χ3n) is 6.66. The number of halogens is 1. The van der Waals surface area contributed by atoms with Crippen molar-refractivity contribution in [2.75, 3.05) is 19.8 Å². The second kappa shape index (κ2) is 21.1. The van der Waals surface area contributed by atoms with Crippen LogP contribution in [0, 0.1) is 3.57 Å². The van der Waals surface area contributed by atoms with Gasteiger partial charge in [0, 0.05) is 15.6 Å². The maximum Gasteiger partial charge on any atom is 0.163 e. The third-order valence-corrected chi connectivity index (χ3v) is 7.38. The highest BCUT2D eigenvalue weighted by Gasteiger charge is 2.12. The van der Waals surface area contributed by atoms with Crippen LogP contribution in [0.1, 0.15) is 121 Å². The van der Waals surface area contributed by atoms with Crippen LogP contribution >= 0.6 is 22.6 Å². The average Bonchev–Trinajstić information content (AvgIpc) is 2.93. The van der Waals surface area contributed by atoms with E-state index in [1.807, 2.05) is 42.5 Å². The van der Waals surface area contributed by atoms with E-state index in [2.05, 4.69) is 36.4 Å². The van der Waals surface area contributed by atoms with Gasteiger partial charge in [-0.3, -0.25) is 4.79 Å². The molecule has 4 nitrogen and oxygen atoms in total. The first-order valence-electron chi connectivity index (χ1n) is 14.9. The Hall–Kier alpha value is -1.76. The fourth-order valence-corrected chi connectivity index (χ4v) is 4.65. The summed E-state index contributed by atoms with van der Waals surface area (Å²) in [7, 11) is 0. The number of hydrogen-bond donors (Lipinski definition) is 0. The van der Waals surface area contributed by atoms with E-state index in [0.29, 0.717) is 37.6 Å². The molecule has 212 valence electrons. The van der Waals surface area contributed by atoms with Crippen molar-refractivity contribution < 1.29 is 19.0 Å². The van der Waals surface area contributed by atoms with Crippen LogP contribution in [0.2, 0.25) is 0 Å². The monoisotopic (exact) mass is 636 g/mol. The number of ether oxygens (including phenoxy) is 3. The lowest BCUT2D eigenvalue weighted by Crippen LogP contribution is -2.06. The van der Waals surface area contributed by atoms with Crippen molar-refractivity contribution in [3.63, 3.8) is 0 Å². The van der Waals surface area contributed by atoms with Crippen LogP contribution in [0.15, 0.2) is 42.5 Å². The largest absolute Gasteiger partial charge is 0.494 e. The van der Waals surface area contributed by atoms with Gasteiger partial charge in [0.2, 0.25) is 0 Å². The zero-order valence-electron chi connectivity index (χ0n) is 23.8. The number of rotatable bonds is 23. The van der Waals surface area contributed by atoms with Gasteiger partial charge >= 0.3 is 0 Å². The highest BCUT2D eigenvalue weighted by Crippen LogP contribution is 2.30. The number of hydrogen-bond acceptors (Lipinski definition) is 4. The van der Waals surface area contributed by atoms with Crippen LogP contribution in [0.25, 0.3) is 0 Å². The Bertz CT molecular complexity index is 881. The Balaban J connectivity index is 1.81. The second-order valence-corrected chi connectivity index (χ2v) is 11.3. The minimum absolute atomic E-state index is 0.145. The van der Waals surface area contributed by atoms with Gasteiger partial charge in [0.15, 0.2) is 17.3 Å². The summed E-state index contributed by atoms with van der Waals surface area (Å²) in [5, 5.41) is 0. The number of Topliss-reactive ketones (excluding diaryl/α,β-unsaturated/α-hetero) is 1. The Morgan fingerprint density at radius 2 is 1.13 bits per heavy atom. The fourth-order valence-electron chi connectivity index (χ4n) is 4.30. The molecule has 2 aromatic rings.